The second-order valence-corrected chi connectivity index (χ2v) is 8.58. The van der Waals surface area contributed by atoms with Crippen molar-refractivity contribution in [3.8, 4) is 0 Å². The molecule has 3 rings (SSSR count). The van der Waals surface area contributed by atoms with Gasteiger partial charge in [0.15, 0.2) is 5.03 Å². The number of aromatic nitrogens is 2. The fraction of sp³-hybridized carbons (Fsp3) is 0.412. The van der Waals surface area contributed by atoms with E-state index in [1.54, 1.807) is 24.3 Å². The van der Waals surface area contributed by atoms with Crippen LogP contribution in [0.25, 0.3) is 0 Å². The molecule has 2 heterocycles. The number of sulfonamides is 1. The number of benzene rings is 1. The molecule has 1 fully saturated rings. The van der Waals surface area contributed by atoms with Crippen LogP contribution in [0.5, 0.6) is 0 Å². The molecule has 140 valence electrons. The van der Waals surface area contributed by atoms with E-state index < -0.39 is 10.0 Å². The highest BCUT2D eigenvalue weighted by molar-refractivity contribution is 7.89. The SMILES string of the molecule is O=C(Cn1cnc(S(=O)(=O)N2CCCCCC2)c1)Nc1ccc(Cl)cc1. The minimum Gasteiger partial charge on any atom is -0.327 e. The van der Waals surface area contributed by atoms with Crippen molar-refractivity contribution in [1.29, 1.82) is 0 Å². The first-order valence-corrected chi connectivity index (χ1v) is 10.3. The van der Waals surface area contributed by atoms with Crippen LogP contribution in [0, 0.1) is 0 Å². The molecule has 0 unspecified atom stereocenters. The Hall–Kier alpha value is -1.90. The predicted octanol–water partition coefficient (Wildman–Crippen LogP) is 2.74. The van der Waals surface area contributed by atoms with Gasteiger partial charge >= 0.3 is 0 Å². The van der Waals surface area contributed by atoms with Crippen molar-refractivity contribution in [2.45, 2.75) is 37.3 Å². The molecule has 1 N–H and O–H groups in total. The van der Waals surface area contributed by atoms with E-state index in [9.17, 15) is 13.2 Å². The van der Waals surface area contributed by atoms with Crippen LogP contribution in [0.1, 0.15) is 25.7 Å². The molecule has 0 aliphatic carbocycles. The van der Waals surface area contributed by atoms with Gasteiger partial charge in [0, 0.05) is 30.0 Å². The summed E-state index contributed by atoms with van der Waals surface area (Å²) in [6.07, 6.45) is 6.59. The summed E-state index contributed by atoms with van der Waals surface area (Å²) in [5, 5.41) is 3.30. The second kappa shape index (κ2) is 8.20. The zero-order chi connectivity index (χ0) is 18.6. The first-order valence-electron chi connectivity index (χ1n) is 8.52. The van der Waals surface area contributed by atoms with Crippen molar-refractivity contribution in [3.05, 3.63) is 41.8 Å². The fourth-order valence-electron chi connectivity index (χ4n) is 2.87. The maximum absolute atomic E-state index is 12.7. The summed E-state index contributed by atoms with van der Waals surface area (Å²) in [7, 11) is -3.61. The van der Waals surface area contributed by atoms with E-state index in [0.717, 1.165) is 25.7 Å². The molecule has 1 aromatic heterocycles. The van der Waals surface area contributed by atoms with Crippen molar-refractivity contribution < 1.29 is 13.2 Å². The number of carbonyl (C=O) groups is 1. The smallest absolute Gasteiger partial charge is 0.262 e. The van der Waals surface area contributed by atoms with Gasteiger partial charge in [-0.1, -0.05) is 24.4 Å². The summed E-state index contributed by atoms with van der Waals surface area (Å²) in [6.45, 7) is 1.02. The Morgan fingerprint density at radius 2 is 1.77 bits per heavy atom. The van der Waals surface area contributed by atoms with Gasteiger partial charge in [-0.15, -0.1) is 0 Å². The Balaban J connectivity index is 1.65. The lowest BCUT2D eigenvalue weighted by atomic mass is 10.2. The van der Waals surface area contributed by atoms with Gasteiger partial charge in [0.25, 0.3) is 10.0 Å². The van der Waals surface area contributed by atoms with Gasteiger partial charge in [0.1, 0.15) is 6.54 Å². The molecule has 2 aromatic rings. The Labute approximate surface area is 158 Å². The molecule has 7 nitrogen and oxygen atoms in total. The van der Waals surface area contributed by atoms with Gasteiger partial charge < -0.3 is 9.88 Å². The molecule has 26 heavy (non-hydrogen) atoms. The molecule has 0 radical (unpaired) electrons. The van der Waals surface area contributed by atoms with E-state index in [4.69, 9.17) is 11.6 Å². The number of nitrogens with one attached hydrogen (secondary N) is 1. The van der Waals surface area contributed by atoms with E-state index in [-0.39, 0.29) is 17.5 Å². The molecule has 0 saturated carbocycles. The standard InChI is InChI=1S/C17H21ClN4O3S/c18-14-5-7-15(8-6-14)20-16(23)11-21-12-17(19-13-21)26(24,25)22-9-3-1-2-4-10-22/h5-8,12-13H,1-4,9-11H2,(H,20,23). The molecule has 1 saturated heterocycles. The third-order valence-corrected chi connectivity index (χ3v) is 6.27. The van der Waals surface area contributed by atoms with Gasteiger partial charge in [-0.05, 0) is 37.1 Å². The van der Waals surface area contributed by atoms with Gasteiger partial charge in [0.05, 0.1) is 6.33 Å². The summed E-state index contributed by atoms with van der Waals surface area (Å²) in [4.78, 5) is 16.1. The first kappa shape index (κ1) is 18.9. The number of hydrogen-bond donors (Lipinski definition) is 1. The molecule has 0 spiro atoms. The van der Waals surface area contributed by atoms with E-state index in [0.29, 0.717) is 23.8 Å². The Kier molecular flexibility index (Phi) is 5.95. The van der Waals surface area contributed by atoms with Crippen molar-refractivity contribution in [2.75, 3.05) is 18.4 Å². The van der Waals surface area contributed by atoms with Crippen LogP contribution in [0.15, 0.2) is 41.8 Å². The van der Waals surface area contributed by atoms with Crippen LogP contribution >= 0.6 is 11.6 Å². The number of imidazole rings is 1. The van der Waals surface area contributed by atoms with Crippen molar-refractivity contribution in [3.63, 3.8) is 0 Å². The molecule has 9 heteroatoms. The molecule has 1 amide bonds. The zero-order valence-corrected chi connectivity index (χ0v) is 15.8. The zero-order valence-electron chi connectivity index (χ0n) is 14.3. The third-order valence-electron chi connectivity index (χ3n) is 4.23. The number of amides is 1. The Morgan fingerprint density at radius 3 is 2.42 bits per heavy atom. The summed E-state index contributed by atoms with van der Waals surface area (Å²) in [6, 6.07) is 6.76. The highest BCUT2D eigenvalue weighted by atomic mass is 35.5. The summed E-state index contributed by atoms with van der Waals surface area (Å²) in [5.41, 5.74) is 0.622. The molecular weight excluding hydrogens is 376 g/mol. The number of nitrogens with zero attached hydrogens (tertiary/aromatic N) is 3. The Morgan fingerprint density at radius 1 is 1.12 bits per heavy atom. The first-order chi connectivity index (χ1) is 12.4. The van der Waals surface area contributed by atoms with Crippen molar-refractivity contribution >= 4 is 33.2 Å². The van der Waals surface area contributed by atoms with Crippen LogP contribution < -0.4 is 5.32 Å². The van der Waals surface area contributed by atoms with Crippen molar-refractivity contribution in [1.82, 2.24) is 13.9 Å². The van der Waals surface area contributed by atoms with Crippen molar-refractivity contribution in [2.24, 2.45) is 0 Å². The van der Waals surface area contributed by atoms with Crippen LogP contribution in [-0.4, -0.2) is 41.3 Å². The molecular formula is C17H21ClN4O3S. The average molecular weight is 397 g/mol. The molecule has 0 atom stereocenters. The normalized spacial score (nSPS) is 16.2. The largest absolute Gasteiger partial charge is 0.327 e. The molecule has 1 aromatic carbocycles. The minimum atomic E-state index is -3.61. The lowest BCUT2D eigenvalue weighted by Gasteiger charge is -2.18. The predicted molar refractivity (Wildman–Crippen MR) is 99.5 cm³/mol. The monoisotopic (exact) mass is 396 g/mol. The molecule has 0 bridgehead atoms. The lowest BCUT2D eigenvalue weighted by Crippen LogP contribution is -2.32. The van der Waals surface area contributed by atoms with E-state index >= 15 is 0 Å². The quantitative estimate of drug-likeness (QED) is 0.842. The van der Waals surface area contributed by atoms with Crippen LogP contribution in [0.4, 0.5) is 5.69 Å². The maximum Gasteiger partial charge on any atom is 0.262 e. The third kappa shape index (κ3) is 4.63. The highest BCUT2D eigenvalue weighted by Crippen LogP contribution is 2.19. The van der Waals surface area contributed by atoms with Gasteiger partial charge in [-0.25, -0.2) is 13.4 Å². The van der Waals surface area contributed by atoms with Gasteiger partial charge in [0.2, 0.25) is 5.91 Å². The van der Waals surface area contributed by atoms with Gasteiger partial charge in [-0.2, -0.15) is 4.31 Å². The minimum absolute atomic E-state index is 0.0151. The summed E-state index contributed by atoms with van der Waals surface area (Å²) >= 11 is 5.81. The fourth-order valence-corrected chi connectivity index (χ4v) is 4.45. The topological polar surface area (TPSA) is 84.3 Å². The van der Waals surface area contributed by atoms with Crippen LogP contribution in [0.2, 0.25) is 5.02 Å². The average Bonchev–Trinajstić information content (AvgIpc) is 2.90. The highest BCUT2D eigenvalue weighted by Gasteiger charge is 2.27. The number of carbonyl (C=O) groups excluding carboxylic acids is 1. The lowest BCUT2D eigenvalue weighted by molar-refractivity contribution is -0.116. The van der Waals surface area contributed by atoms with Gasteiger partial charge in [-0.3, -0.25) is 4.79 Å². The Bertz CT molecular complexity index is 856. The van der Waals surface area contributed by atoms with E-state index in [1.165, 1.54) is 21.4 Å². The number of rotatable bonds is 5. The summed E-state index contributed by atoms with van der Waals surface area (Å²) in [5.74, 6) is -0.275. The van der Waals surface area contributed by atoms with Crippen LogP contribution in [-0.2, 0) is 21.4 Å². The number of halogens is 1. The number of anilines is 1. The second-order valence-electron chi connectivity index (χ2n) is 6.26. The van der Waals surface area contributed by atoms with E-state index in [2.05, 4.69) is 10.3 Å². The van der Waals surface area contributed by atoms with E-state index in [1.807, 2.05) is 0 Å². The maximum atomic E-state index is 12.7. The number of hydrogen-bond acceptors (Lipinski definition) is 4. The molecule has 1 aliphatic rings. The molecule has 1 aliphatic heterocycles. The van der Waals surface area contributed by atoms with Crippen LogP contribution in [0.3, 0.4) is 0 Å². The summed E-state index contributed by atoms with van der Waals surface area (Å²) < 4.78 is 28.4.